The average Bonchev–Trinajstić information content (AvgIpc) is 2.39. The van der Waals surface area contributed by atoms with Gasteiger partial charge in [0.15, 0.2) is 0 Å². The van der Waals surface area contributed by atoms with Crippen molar-refractivity contribution in [1.29, 1.82) is 0 Å². The number of amides is 1. The molecule has 20 heavy (non-hydrogen) atoms. The van der Waals surface area contributed by atoms with Crippen molar-refractivity contribution in [3.63, 3.8) is 0 Å². The summed E-state index contributed by atoms with van der Waals surface area (Å²) in [5.41, 5.74) is 7.51. The van der Waals surface area contributed by atoms with E-state index in [2.05, 4.69) is 5.32 Å². The molecule has 104 valence electrons. The molecule has 0 aromatic heterocycles. The highest BCUT2D eigenvalue weighted by molar-refractivity contribution is 5.93. The van der Waals surface area contributed by atoms with Crippen LogP contribution in [0.15, 0.2) is 48.5 Å². The zero-order chi connectivity index (χ0) is 14.5. The van der Waals surface area contributed by atoms with Crippen LogP contribution < -0.4 is 11.1 Å². The predicted molar refractivity (Wildman–Crippen MR) is 78.1 cm³/mol. The van der Waals surface area contributed by atoms with Crippen LogP contribution in [-0.4, -0.2) is 11.9 Å². The second kappa shape index (κ2) is 6.19. The zero-order valence-electron chi connectivity index (χ0n) is 11.3. The molecule has 0 fully saturated rings. The Morgan fingerprint density at radius 1 is 1.25 bits per heavy atom. The van der Waals surface area contributed by atoms with Gasteiger partial charge in [-0.3, -0.25) is 4.79 Å². The highest BCUT2D eigenvalue weighted by Crippen LogP contribution is 2.13. The number of hydrogen-bond acceptors (Lipinski definition) is 2. The van der Waals surface area contributed by atoms with Gasteiger partial charge in [0.05, 0.1) is 0 Å². The van der Waals surface area contributed by atoms with Crippen molar-refractivity contribution < 1.29 is 9.18 Å². The second-order valence-electron chi connectivity index (χ2n) is 4.82. The molecule has 1 unspecified atom stereocenters. The van der Waals surface area contributed by atoms with Gasteiger partial charge in [-0.15, -0.1) is 0 Å². The third-order valence-electron chi connectivity index (χ3n) is 3.01. The van der Waals surface area contributed by atoms with E-state index in [-0.39, 0.29) is 11.9 Å². The van der Waals surface area contributed by atoms with Gasteiger partial charge in [-0.25, -0.2) is 4.39 Å². The number of carbonyl (C=O) groups is 1. The van der Waals surface area contributed by atoms with E-state index >= 15 is 0 Å². The summed E-state index contributed by atoms with van der Waals surface area (Å²) in [7, 11) is 0. The van der Waals surface area contributed by atoms with Gasteiger partial charge in [-0.2, -0.15) is 0 Å². The summed E-state index contributed by atoms with van der Waals surface area (Å²) in [5.74, 6) is -0.662. The SMILES string of the molecule is CC(Cc1cccc(F)c1)Nc1ccc(C(N)=O)cc1. The zero-order valence-corrected chi connectivity index (χ0v) is 11.3. The molecule has 0 bridgehead atoms. The summed E-state index contributed by atoms with van der Waals surface area (Å²) in [4.78, 5) is 11.0. The lowest BCUT2D eigenvalue weighted by molar-refractivity contribution is 0.100. The fraction of sp³-hybridized carbons (Fsp3) is 0.188. The Hall–Kier alpha value is -2.36. The van der Waals surface area contributed by atoms with Crippen molar-refractivity contribution >= 4 is 11.6 Å². The largest absolute Gasteiger partial charge is 0.382 e. The molecule has 0 saturated carbocycles. The van der Waals surface area contributed by atoms with Gasteiger partial charge in [-0.05, 0) is 55.3 Å². The van der Waals surface area contributed by atoms with E-state index in [4.69, 9.17) is 5.73 Å². The molecule has 2 aromatic carbocycles. The van der Waals surface area contributed by atoms with Gasteiger partial charge in [0, 0.05) is 17.3 Å². The standard InChI is InChI=1S/C16H17FN2O/c1-11(9-12-3-2-4-14(17)10-12)19-15-7-5-13(6-8-15)16(18)20/h2-8,10-11,19H,9H2,1H3,(H2,18,20). The van der Waals surface area contributed by atoms with Crippen LogP contribution in [0.25, 0.3) is 0 Å². The van der Waals surface area contributed by atoms with Crippen molar-refractivity contribution in [1.82, 2.24) is 0 Å². The fourth-order valence-electron chi connectivity index (χ4n) is 2.08. The van der Waals surface area contributed by atoms with Gasteiger partial charge in [0.25, 0.3) is 0 Å². The Labute approximate surface area is 117 Å². The lowest BCUT2D eigenvalue weighted by Crippen LogP contribution is -2.18. The number of anilines is 1. The minimum Gasteiger partial charge on any atom is -0.382 e. The maximum absolute atomic E-state index is 13.1. The summed E-state index contributed by atoms with van der Waals surface area (Å²) in [6, 6.07) is 13.7. The van der Waals surface area contributed by atoms with Crippen LogP contribution in [-0.2, 0) is 6.42 Å². The third kappa shape index (κ3) is 3.82. The van der Waals surface area contributed by atoms with E-state index in [1.54, 1.807) is 18.2 Å². The monoisotopic (exact) mass is 272 g/mol. The molecule has 0 aliphatic rings. The molecular formula is C16H17FN2O. The van der Waals surface area contributed by atoms with E-state index < -0.39 is 5.91 Å². The second-order valence-corrected chi connectivity index (χ2v) is 4.82. The number of carbonyl (C=O) groups excluding carboxylic acids is 1. The molecule has 3 N–H and O–H groups in total. The Kier molecular flexibility index (Phi) is 4.35. The first kappa shape index (κ1) is 14.1. The number of halogens is 1. The summed E-state index contributed by atoms with van der Waals surface area (Å²) in [6.07, 6.45) is 0.718. The van der Waals surface area contributed by atoms with Crippen LogP contribution in [0.2, 0.25) is 0 Å². The summed E-state index contributed by atoms with van der Waals surface area (Å²) < 4.78 is 13.1. The Morgan fingerprint density at radius 2 is 1.95 bits per heavy atom. The molecule has 2 rings (SSSR count). The van der Waals surface area contributed by atoms with E-state index in [9.17, 15) is 9.18 Å². The van der Waals surface area contributed by atoms with Gasteiger partial charge in [0.2, 0.25) is 5.91 Å². The molecule has 0 radical (unpaired) electrons. The quantitative estimate of drug-likeness (QED) is 0.879. The normalized spacial score (nSPS) is 11.9. The van der Waals surface area contributed by atoms with Crippen LogP contribution >= 0.6 is 0 Å². The van der Waals surface area contributed by atoms with Crippen molar-refractivity contribution in [2.45, 2.75) is 19.4 Å². The first-order valence-electron chi connectivity index (χ1n) is 6.45. The number of rotatable bonds is 5. The maximum Gasteiger partial charge on any atom is 0.248 e. The first-order chi connectivity index (χ1) is 9.54. The predicted octanol–water partition coefficient (Wildman–Crippen LogP) is 2.97. The topological polar surface area (TPSA) is 55.1 Å². The molecule has 1 atom stereocenters. The molecular weight excluding hydrogens is 255 g/mol. The van der Waals surface area contributed by atoms with Gasteiger partial charge >= 0.3 is 0 Å². The molecule has 3 nitrogen and oxygen atoms in total. The summed E-state index contributed by atoms with van der Waals surface area (Å²) in [6.45, 7) is 2.02. The molecule has 0 saturated heterocycles. The minimum absolute atomic E-state index is 0.149. The number of benzene rings is 2. The van der Waals surface area contributed by atoms with E-state index in [1.807, 2.05) is 25.1 Å². The van der Waals surface area contributed by atoms with Crippen molar-refractivity contribution in [3.05, 3.63) is 65.5 Å². The van der Waals surface area contributed by atoms with Crippen LogP contribution in [0.4, 0.5) is 10.1 Å². The lowest BCUT2D eigenvalue weighted by atomic mass is 10.1. The Morgan fingerprint density at radius 3 is 2.55 bits per heavy atom. The van der Waals surface area contributed by atoms with Gasteiger partial charge in [0.1, 0.15) is 5.82 Å². The third-order valence-corrected chi connectivity index (χ3v) is 3.01. The molecule has 0 aliphatic heterocycles. The number of hydrogen-bond donors (Lipinski definition) is 2. The van der Waals surface area contributed by atoms with Gasteiger partial charge < -0.3 is 11.1 Å². The summed E-state index contributed by atoms with van der Waals surface area (Å²) in [5, 5.41) is 3.30. The average molecular weight is 272 g/mol. The number of nitrogens with one attached hydrogen (secondary N) is 1. The van der Waals surface area contributed by atoms with Crippen molar-refractivity contribution in [3.8, 4) is 0 Å². The highest BCUT2D eigenvalue weighted by Gasteiger charge is 2.05. The number of primary amides is 1. The van der Waals surface area contributed by atoms with Crippen molar-refractivity contribution in [2.75, 3.05) is 5.32 Å². The summed E-state index contributed by atoms with van der Waals surface area (Å²) >= 11 is 0. The molecule has 4 heteroatoms. The highest BCUT2D eigenvalue weighted by atomic mass is 19.1. The van der Waals surface area contributed by atoms with Gasteiger partial charge in [-0.1, -0.05) is 12.1 Å². The van der Waals surface area contributed by atoms with Crippen molar-refractivity contribution in [2.24, 2.45) is 5.73 Å². The Balaban J connectivity index is 1.97. The smallest absolute Gasteiger partial charge is 0.248 e. The molecule has 0 aliphatic carbocycles. The lowest BCUT2D eigenvalue weighted by Gasteiger charge is -2.15. The van der Waals surface area contributed by atoms with E-state index in [0.717, 1.165) is 17.7 Å². The van der Waals surface area contributed by atoms with Crippen LogP contribution in [0, 0.1) is 5.82 Å². The Bertz CT molecular complexity index is 596. The maximum atomic E-state index is 13.1. The molecule has 0 spiro atoms. The molecule has 2 aromatic rings. The minimum atomic E-state index is -0.440. The van der Waals surface area contributed by atoms with E-state index in [1.165, 1.54) is 12.1 Å². The van der Waals surface area contributed by atoms with Crippen LogP contribution in [0.3, 0.4) is 0 Å². The fourth-order valence-corrected chi connectivity index (χ4v) is 2.08. The van der Waals surface area contributed by atoms with Crippen LogP contribution in [0.1, 0.15) is 22.8 Å². The van der Waals surface area contributed by atoms with E-state index in [0.29, 0.717) is 5.56 Å². The first-order valence-corrected chi connectivity index (χ1v) is 6.45. The number of nitrogens with two attached hydrogens (primary N) is 1. The molecule has 1 amide bonds. The van der Waals surface area contributed by atoms with Crippen LogP contribution in [0.5, 0.6) is 0 Å². The molecule has 0 heterocycles.